The van der Waals surface area contributed by atoms with Crippen LogP contribution in [0.25, 0.3) is 0 Å². The summed E-state index contributed by atoms with van der Waals surface area (Å²) in [5.41, 5.74) is 0.179. The van der Waals surface area contributed by atoms with E-state index in [4.69, 9.17) is 0 Å². The van der Waals surface area contributed by atoms with Crippen molar-refractivity contribution >= 4 is 17.7 Å². The van der Waals surface area contributed by atoms with Crippen LogP contribution in [0.3, 0.4) is 0 Å². The summed E-state index contributed by atoms with van der Waals surface area (Å²) >= 11 is 0. The summed E-state index contributed by atoms with van der Waals surface area (Å²) in [5, 5.41) is 19.3. The van der Waals surface area contributed by atoms with Crippen molar-refractivity contribution in [3.8, 4) is 0 Å². The number of amides is 3. The first kappa shape index (κ1) is 29.5. The Balaban J connectivity index is 1.23. The van der Waals surface area contributed by atoms with E-state index in [1.165, 1.54) is 6.07 Å². The number of nitrogens with zero attached hydrogens (tertiary/aromatic N) is 1. The van der Waals surface area contributed by atoms with E-state index in [1.54, 1.807) is 13.1 Å². The van der Waals surface area contributed by atoms with E-state index in [0.717, 1.165) is 55.1 Å². The number of rotatable bonds is 7. The molecule has 4 N–H and O–H groups in total. The van der Waals surface area contributed by atoms with Gasteiger partial charge in [0.25, 0.3) is 11.8 Å². The molecule has 11 heteroatoms. The van der Waals surface area contributed by atoms with Crippen LogP contribution < -0.4 is 16.0 Å². The minimum Gasteiger partial charge on any atom is -0.385 e. The van der Waals surface area contributed by atoms with Crippen molar-refractivity contribution < 1.29 is 32.7 Å². The Morgan fingerprint density at radius 1 is 1.05 bits per heavy atom. The maximum Gasteiger partial charge on any atom is 0.416 e. The van der Waals surface area contributed by atoms with E-state index in [1.807, 2.05) is 19.1 Å². The monoisotopic (exact) mass is 560 g/mol. The molecule has 1 aliphatic heterocycles. The molecule has 1 aliphatic carbocycles. The Morgan fingerprint density at radius 3 is 2.42 bits per heavy atom. The largest absolute Gasteiger partial charge is 0.416 e. The van der Waals surface area contributed by atoms with Gasteiger partial charge in [-0.1, -0.05) is 18.2 Å². The van der Waals surface area contributed by atoms with Crippen molar-refractivity contribution in [2.24, 2.45) is 0 Å². The molecule has 0 bridgehead atoms. The van der Waals surface area contributed by atoms with Crippen LogP contribution in [0.1, 0.15) is 69.5 Å². The van der Waals surface area contributed by atoms with Crippen LogP contribution in [0.4, 0.5) is 13.2 Å². The van der Waals surface area contributed by atoms with Gasteiger partial charge >= 0.3 is 6.18 Å². The smallest absolute Gasteiger partial charge is 0.385 e. The van der Waals surface area contributed by atoms with Gasteiger partial charge in [0.2, 0.25) is 5.91 Å². The minimum absolute atomic E-state index is 0.0984. The second kappa shape index (κ2) is 12.0. The van der Waals surface area contributed by atoms with Gasteiger partial charge in [0.05, 0.1) is 17.7 Å². The van der Waals surface area contributed by atoms with E-state index in [0.29, 0.717) is 24.9 Å². The lowest BCUT2D eigenvalue weighted by Crippen LogP contribution is -2.45. The van der Waals surface area contributed by atoms with Gasteiger partial charge in [0.1, 0.15) is 0 Å². The van der Waals surface area contributed by atoms with Gasteiger partial charge in [-0.3, -0.25) is 19.3 Å². The first-order chi connectivity index (χ1) is 18.9. The molecule has 4 rings (SSSR count). The van der Waals surface area contributed by atoms with Crippen molar-refractivity contribution in [3.05, 3.63) is 70.3 Å². The molecule has 2 aromatic carbocycles. The van der Waals surface area contributed by atoms with Crippen molar-refractivity contribution in [3.63, 3.8) is 0 Å². The highest BCUT2D eigenvalue weighted by molar-refractivity contribution is 5.96. The summed E-state index contributed by atoms with van der Waals surface area (Å²) in [6.45, 7) is 2.97. The summed E-state index contributed by atoms with van der Waals surface area (Å²) in [6, 6.07) is 9.70. The zero-order valence-corrected chi connectivity index (χ0v) is 22.6. The van der Waals surface area contributed by atoms with Gasteiger partial charge in [-0.2, -0.15) is 13.2 Å². The molecule has 1 atom stereocenters. The Hall–Kier alpha value is -3.44. The van der Waals surface area contributed by atoms with Crippen LogP contribution in [0, 0.1) is 6.92 Å². The standard InChI is InChI=1S/C29H35F3N4O4/c1-18-14-20(6-7-24(18)27(39)33-2)28(40)11-8-23(9-12-28)36-13-10-22(17-36)35-25(37)16-34-26(38)19-4-3-5-21(15-19)29(30,31)32/h3-7,14-15,22-23,40H,8-13,16-17H2,1-2H3,(H,33,39)(H,34,38)(H,35,37)/t22-,23?,28?/m1/s1. The first-order valence-electron chi connectivity index (χ1n) is 13.4. The zero-order chi connectivity index (χ0) is 29.1. The van der Waals surface area contributed by atoms with Crippen LogP contribution in [0.15, 0.2) is 42.5 Å². The predicted octanol–water partition coefficient (Wildman–Crippen LogP) is 3.12. The van der Waals surface area contributed by atoms with Crippen LogP contribution >= 0.6 is 0 Å². The molecular weight excluding hydrogens is 525 g/mol. The fourth-order valence-corrected chi connectivity index (χ4v) is 5.69. The zero-order valence-electron chi connectivity index (χ0n) is 22.6. The molecule has 3 amide bonds. The van der Waals surface area contributed by atoms with Crippen molar-refractivity contribution in [1.82, 2.24) is 20.9 Å². The molecule has 216 valence electrons. The van der Waals surface area contributed by atoms with Crippen LogP contribution in [-0.2, 0) is 16.6 Å². The van der Waals surface area contributed by atoms with Gasteiger partial charge in [0, 0.05) is 43.3 Å². The van der Waals surface area contributed by atoms with Crippen LogP contribution in [0.5, 0.6) is 0 Å². The Labute approximate surface area is 231 Å². The van der Waals surface area contributed by atoms with Crippen LogP contribution in [-0.4, -0.2) is 66.5 Å². The molecule has 0 aromatic heterocycles. The predicted molar refractivity (Wildman–Crippen MR) is 143 cm³/mol. The second-order valence-corrected chi connectivity index (χ2v) is 10.7. The van der Waals surface area contributed by atoms with E-state index < -0.39 is 29.2 Å². The normalized spacial score (nSPS) is 23.4. The fraction of sp³-hybridized carbons (Fsp3) is 0.483. The second-order valence-electron chi connectivity index (χ2n) is 10.7. The van der Waals surface area contributed by atoms with Crippen molar-refractivity contribution in [1.29, 1.82) is 0 Å². The maximum absolute atomic E-state index is 12.9. The summed E-state index contributed by atoms with van der Waals surface area (Å²) in [4.78, 5) is 39.0. The molecule has 0 radical (unpaired) electrons. The highest BCUT2D eigenvalue weighted by Gasteiger charge is 2.39. The Bertz CT molecular complexity index is 1260. The van der Waals surface area contributed by atoms with E-state index in [2.05, 4.69) is 20.9 Å². The van der Waals surface area contributed by atoms with Crippen molar-refractivity contribution in [2.75, 3.05) is 26.7 Å². The third kappa shape index (κ3) is 6.82. The molecule has 1 heterocycles. The number of hydrogen-bond acceptors (Lipinski definition) is 5. The molecule has 2 aromatic rings. The third-order valence-electron chi connectivity index (χ3n) is 7.98. The lowest BCUT2D eigenvalue weighted by atomic mass is 9.76. The number of alkyl halides is 3. The number of halogens is 3. The lowest BCUT2D eigenvalue weighted by molar-refractivity contribution is -0.137. The number of carbonyl (C=O) groups excluding carboxylic acids is 3. The minimum atomic E-state index is -4.56. The molecule has 1 saturated heterocycles. The molecule has 1 saturated carbocycles. The number of aliphatic hydroxyl groups is 1. The Morgan fingerprint density at radius 2 is 1.77 bits per heavy atom. The highest BCUT2D eigenvalue weighted by Crippen LogP contribution is 2.40. The Kier molecular flexibility index (Phi) is 8.84. The quantitative estimate of drug-likeness (QED) is 0.416. The molecule has 0 unspecified atom stereocenters. The van der Waals surface area contributed by atoms with E-state index in [-0.39, 0.29) is 30.1 Å². The number of nitrogens with one attached hydrogen (secondary N) is 3. The summed E-state index contributed by atoms with van der Waals surface area (Å²) in [7, 11) is 1.58. The molecule has 0 spiro atoms. The third-order valence-corrected chi connectivity index (χ3v) is 7.98. The van der Waals surface area contributed by atoms with Gasteiger partial charge in [0.15, 0.2) is 0 Å². The number of carbonyl (C=O) groups is 3. The van der Waals surface area contributed by atoms with Gasteiger partial charge < -0.3 is 21.1 Å². The van der Waals surface area contributed by atoms with Crippen molar-refractivity contribution in [2.45, 2.75) is 62.9 Å². The van der Waals surface area contributed by atoms with Gasteiger partial charge in [-0.15, -0.1) is 0 Å². The topological polar surface area (TPSA) is 111 Å². The van der Waals surface area contributed by atoms with Gasteiger partial charge in [-0.25, -0.2) is 0 Å². The molecule has 40 heavy (non-hydrogen) atoms. The summed E-state index contributed by atoms with van der Waals surface area (Å²) in [5.74, 6) is -1.31. The average molecular weight is 561 g/mol. The molecular formula is C29H35F3N4O4. The van der Waals surface area contributed by atoms with E-state index >= 15 is 0 Å². The van der Waals surface area contributed by atoms with Crippen LogP contribution in [0.2, 0.25) is 0 Å². The number of hydrogen-bond donors (Lipinski definition) is 4. The molecule has 2 fully saturated rings. The summed E-state index contributed by atoms with van der Waals surface area (Å²) < 4.78 is 38.7. The lowest BCUT2D eigenvalue weighted by Gasteiger charge is -2.40. The fourth-order valence-electron chi connectivity index (χ4n) is 5.69. The number of benzene rings is 2. The summed E-state index contributed by atoms with van der Waals surface area (Å²) in [6.07, 6.45) is -1.05. The number of likely N-dealkylation sites (tertiary alicyclic amines) is 1. The molecule has 2 aliphatic rings. The highest BCUT2D eigenvalue weighted by atomic mass is 19.4. The number of aryl methyl sites for hydroxylation is 1. The first-order valence-corrected chi connectivity index (χ1v) is 13.4. The molecule has 8 nitrogen and oxygen atoms in total. The maximum atomic E-state index is 12.9. The SMILES string of the molecule is CNC(=O)c1ccc(C2(O)CCC(N3CC[C@@H](NC(=O)CNC(=O)c4cccc(C(F)(F)F)c4)C3)CC2)cc1C. The average Bonchev–Trinajstić information content (AvgIpc) is 3.39. The van der Waals surface area contributed by atoms with Gasteiger partial charge in [-0.05, 0) is 74.4 Å². The van der Waals surface area contributed by atoms with E-state index in [9.17, 15) is 32.7 Å².